The maximum Gasteiger partial charge on any atom is 0.418 e. The Bertz CT molecular complexity index is 311. The second-order valence-electron chi connectivity index (χ2n) is 2.30. The van der Waals surface area contributed by atoms with Crippen molar-refractivity contribution in [2.45, 2.75) is 6.18 Å². The molecule has 3 N–H and O–H groups in total. The van der Waals surface area contributed by atoms with Gasteiger partial charge in [0.1, 0.15) is 0 Å². The van der Waals surface area contributed by atoms with Crippen LogP contribution in [-0.4, -0.2) is 0 Å². The van der Waals surface area contributed by atoms with E-state index in [4.69, 9.17) is 17.4 Å². The van der Waals surface area contributed by atoms with E-state index in [1.165, 1.54) is 12.1 Å². The number of hydrazine groups is 1. The lowest BCUT2D eigenvalue weighted by Crippen LogP contribution is -2.15. The van der Waals surface area contributed by atoms with E-state index in [1.54, 1.807) is 0 Å². The molecule has 13 heavy (non-hydrogen) atoms. The number of nitrogens with two attached hydrogens (primary N) is 1. The first-order valence-electron chi connectivity index (χ1n) is 3.29. The van der Waals surface area contributed by atoms with Crippen LogP contribution in [0.3, 0.4) is 0 Å². The van der Waals surface area contributed by atoms with Crippen molar-refractivity contribution in [1.82, 2.24) is 0 Å². The largest absolute Gasteiger partial charge is 0.418 e. The highest BCUT2D eigenvalue weighted by Gasteiger charge is 2.33. The van der Waals surface area contributed by atoms with Crippen LogP contribution in [0, 0.1) is 0 Å². The Morgan fingerprint density at radius 2 is 1.92 bits per heavy atom. The third-order valence-electron chi connectivity index (χ3n) is 1.46. The smallest absolute Gasteiger partial charge is 0.322 e. The number of hydrogen-bond acceptors (Lipinski definition) is 2. The predicted octanol–water partition coefficient (Wildman–Crippen LogP) is 2.64. The summed E-state index contributed by atoms with van der Waals surface area (Å²) >= 11 is 5.49. The molecule has 0 heterocycles. The molecular formula is C7H6ClF3N2. The molecule has 0 bridgehead atoms. The minimum atomic E-state index is -4.45. The van der Waals surface area contributed by atoms with Gasteiger partial charge in [0.05, 0.1) is 16.3 Å². The van der Waals surface area contributed by atoms with Gasteiger partial charge in [0.2, 0.25) is 0 Å². The average Bonchev–Trinajstić information content (AvgIpc) is 2.02. The number of benzene rings is 1. The maximum atomic E-state index is 12.3. The molecule has 0 spiro atoms. The number of alkyl halides is 3. The van der Waals surface area contributed by atoms with Crippen molar-refractivity contribution in [3.8, 4) is 0 Å². The van der Waals surface area contributed by atoms with E-state index in [0.717, 1.165) is 6.07 Å². The van der Waals surface area contributed by atoms with Gasteiger partial charge < -0.3 is 5.43 Å². The molecule has 0 aliphatic heterocycles. The van der Waals surface area contributed by atoms with Crippen LogP contribution in [0.15, 0.2) is 18.2 Å². The van der Waals surface area contributed by atoms with Crippen molar-refractivity contribution in [2.75, 3.05) is 5.43 Å². The number of nitrogens with one attached hydrogen (secondary N) is 1. The van der Waals surface area contributed by atoms with E-state index in [1.807, 2.05) is 5.43 Å². The lowest BCUT2D eigenvalue weighted by Gasteiger charge is -2.12. The SMILES string of the molecule is NNc1c(Cl)cccc1C(F)(F)F. The van der Waals surface area contributed by atoms with Crippen LogP contribution >= 0.6 is 11.6 Å². The minimum Gasteiger partial charge on any atom is -0.322 e. The summed E-state index contributed by atoms with van der Waals surface area (Å²) in [7, 11) is 0. The van der Waals surface area contributed by atoms with Crippen LogP contribution in [0.1, 0.15) is 5.56 Å². The number of halogens is 4. The number of nitrogen functional groups attached to an aromatic ring is 1. The number of anilines is 1. The molecule has 6 heteroatoms. The normalized spacial score (nSPS) is 11.5. The summed E-state index contributed by atoms with van der Waals surface area (Å²) in [6, 6.07) is 3.44. The van der Waals surface area contributed by atoms with E-state index in [2.05, 4.69) is 0 Å². The van der Waals surface area contributed by atoms with Crippen LogP contribution in [0.5, 0.6) is 0 Å². The highest BCUT2D eigenvalue weighted by molar-refractivity contribution is 6.33. The summed E-state index contributed by atoms with van der Waals surface area (Å²) < 4.78 is 36.8. The zero-order valence-corrected chi connectivity index (χ0v) is 7.08. The van der Waals surface area contributed by atoms with Crippen LogP contribution in [-0.2, 0) is 6.18 Å². The van der Waals surface area contributed by atoms with E-state index in [0.29, 0.717) is 0 Å². The number of rotatable bonds is 1. The Kier molecular flexibility index (Phi) is 2.68. The van der Waals surface area contributed by atoms with Gasteiger partial charge in [-0.3, -0.25) is 5.84 Å². The molecule has 0 amide bonds. The second kappa shape index (κ2) is 3.43. The van der Waals surface area contributed by atoms with Crippen LogP contribution in [0.2, 0.25) is 5.02 Å². The van der Waals surface area contributed by atoms with Crippen LogP contribution in [0.25, 0.3) is 0 Å². The molecule has 0 aliphatic carbocycles. The molecule has 0 saturated carbocycles. The van der Waals surface area contributed by atoms with Crippen molar-refractivity contribution in [1.29, 1.82) is 0 Å². The van der Waals surface area contributed by atoms with Crippen molar-refractivity contribution in [2.24, 2.45) is 5.84 Å². The molecule has 0 atom stereocenters. The fraction of sp³-hybridized carbons (Fsp3) is 0.143. The van der Waals surface area contributed by atoms with Gasteiger partial charge in [0, 0.05) is 0 Å². The highest BCUT2D eigenvalue weighted by atomic mass is 35.5. The van der Waals surface area contributed by atoms with E-state index in [-0.39, 0.29) is 10.7 Å². The molecule has 1 aromatic carbocycles. The topological polar surface area (TPSA) is 38.0 Å². The van der Waals surface area contributed by atoms with Crippen LogP contribution < -0.4 is 11.3 Å². The Morgan fingerprint density at radius 1 is 1.31 bits per heavy atom. The standard InChI is InChI=1S/C7H6ClF3N2/c8-5-3-1-2-4(6(5)13-12)7(9,10)11/h1-3,13H,12H2. The van der Waals surface area contributed by atoms with Gasteiger partial charge in [-0.05, 0) is 12.1 Å². The first-order valence-corrected chi connectivity index (χ1v) is 3.67. The fourth-order valence-electron chi connectivity index (χ4n) is 0.907. The molecule has 1 aromatic rings. The van der Waals surface area contributed by atoms with Gasteiger partial charge in [0.15, 0.2) is 0 Å². The molecule has 72 valence electrons. The number of hydrogen-bond donors (Lipinski definition) is 2. The minimum absolute atomic E-state index is 0.0580. The maximum absolute atomic E-state index is 12.3. The summed E-state index contributed by atoms with van der Waals surface area (Å²) in [6.07, 6.45) is -4.45. The van der Waals surface area contributed by atoms with Crippen molar-refractivity contribution in [3.05, 3.63) is 28.8 Å². The van der Waals surface area contributed by atoms with Crippen molar-refractivity contribution in [3.63, 3.8) is 0 Å². The third kappa shape index (κ3) is 2.05. The molecule has 2 nitrogen and oxygen atoms in total. The van der Waals surface area contributed by atoms with E-state index < -0.39 is 11.7 Å². The molecule has 0 unspecified atom stereocenters. The molecule has 0 saturated heterocycles. The first kappa shape index (κ1) is 10.1. The van der Waals surface area contributed by atoms with Crippen LogP contribution in [0.4, 0.5) is 18.9 Å². The molecule has 0 fully saturated rings. The second-order valence-corrected chi connectivity index (χ2v) is 2.71. The highest BCUT2D eigenvalue weighted by Crippen LogP contribution is 2.37. The molecule has 1 rings (SSSR count). The molecule has 0 radical (unpaired) electrons. The third-order valence-corrected chi connectivity index (χ3v) is 1.78. The summed E-state index contributed by atoms with van der Waals surface area (Å²) in [4.78, 5) is 0. The van der Waals surface area contributed by atoms with E-state index in [9.17, 15) is 13.2 Å². The zero-order chi connectivity index (χ0) is 10.1. The van der Waals surface area contributed by atoms with Crippen molar-refractivity contribution >= 4 is 17.3 Å². The Morgan fingerprint density at radius 3 is 2.31 bits per heavy atom. The van der Waals surface area contributed by atoms with Gasteiger partial charge in [0.25, 0.3) is 0 Å². The summed E-state index contributed by atoms with van der Waals surface area (Å²) in [5, 5.41) is -0.0580. The fourth-order valence-corrected chi connectivity index (χ4v) is 1.14. The van der Waals surface area contributed by atoms with Gasteiger partial charge in [-0.25, -0.2) is 0 Å². The van der Waals surface area contributed by atoms with Gasteiger partial charge in [-0.2, -0.15) is 13.2 Å². The molecule has 0 aliphatic rings. The lowest BCUT2D eigenvalue weighted by molar-refractivity contribution is -0.136. The number of para-hydroxylation sites is 1. The predicted molar refractivity (Wildman–Crippen MR) is 44.3 cm³/mol. The summed E-state index contributed by atoms with van der Waals surface area (Å²) in [5.41, 5.74) is 0.737. The summed E-state index contributed by atoms with van der Waals surface area (Å²) in [6.45, 7) is 0. The van der Waals surface area contributed by atoms with Gasteiger partial charge >= 0.3 is 6.18 Å². The Balaban J connectivity index is 3.29. The molecular weight excluding hydrogens is 205 g/mol. The van der Waals surface area contributed by atoms with Crippen molar-refractivity contribution < 1.29 is 13.2 Å². The lowest BCUT2D eigenvalue weighted by atomic mass is 10.2. The van der Waals surface area contributed by atoms with Gasteiger partial charge in [-0.1, -0.05) is 17.7 Å². The Labute approximate surface area is 77.5 Å². The van der Waals surface area contributed by atoms with Gasteiger partial charge in [-0.15, -0.1) is 0 Å². The monoisotopic (exact) mass is 210 g/mol. The molecule has 0 aromatic heterocycles. The summed E-state index contributed by atoms with van der Waals surface area (Å²) in [5.74, 6) is 4.91. The first-order chi connectivity index (χ1) is 5.96. The van der Waals surface area contributed by atoms with E-state index >= 15 is 0 Å². The Hall–Kier alpha value is -0.940. The zero-order valence-electron chi connectivity index (χ0n) is 6.32. The average molecular weight is 211 g/mol. The quantitative estimate of drug-likeness (QED) is 0.552.